The molecule has 0 saturated carbocycles. The molecule has 24 heavy (non-hydrogen) atoms. The second-order valence-corrected chi connectivity index (χ2v) is 8.34. The summed E-state index contributed by atoms with van der Waals surface area (Å²) in [6.45, 7) is 2.58. The molecule has 0 aliphatic carbocycles. The lowest BCUT2D eigenvalue weighted by molar-refractivity contribution is 0.0982. The van der Waals surface area contributed by atoms with Gasteiger partial charge >= 0.3 is 0 Å². The van der Waals surface area contributed by atoms with Gasteiger partial charge in [-0.25, -0.2) is 18.1 Å². The van der Waals surface area contributed by atoms with Crippen LogP contribution in [0.15, 0.2) is 38.5 Å². The van der Waals surface area contributed by atoms with Crippen molar-refractivity contribution in [1.82, 2.24) is 9.71 Å². The molecule has 10 heteroatoms. The molecule has 0 radical (unpaired) electrons. The predicted molar refractivity (Wildman–Crippen MR) is 93.9 cm³/mol. The number of halogens is 1. The normalized spacial score (nSPS) is 15.3. The van der Waals surface area contributed by atoms with Gasteiger partial charge in [0.05, 0.1) is 23.2 Å². The molecule has 1 amide bonds. The maximum absolute atomic E-state index is 12.4. The first kappa shape index (κ1) is 17.3. The van der Waals surface area contributed by atoms with Crippen molar-refractivity contribution in [1.29, 1.82) is 0 Å². The van der Waals surface area contributed by atoms with Gasteiger partial charge in [-0.2, -0.15) is 11.3 Å². The van der Waals surface area contributed by atoms with Gasteiger partial charge in [0.15, 0.2) is 0 Å². The third-order valence-electron chi connectivity index (χ3n) is 3.43. The van der Waals surface area contributed by atoms with Crippen LogP contribution in [-0.2, 0) is 14.8 Å². The van der Waals surface area contributed by atoms with Crippen LogP contribution in [0.3, 0.4) is 0 Å². The number of carbonyl (C=O) groups is 1. The zero-order valence-electron chi connectivity index (χ0n) is 12.4. The molecule has 2 aromatic heterocycles. The molecule has 1 aliphatic heterocycles. The number of amides is 1. The predicted octanol–water partition coefficient (Wildman–Crippen LogP) is 1.86. The number of ether oxygens (including phenoxy) is 1. The highest BCUT2D eigenvalue weighted by Crippen LogP contribution is 2.27. The number of hydrogen-bond donors (Lipinski definition) is 1. The van der Waals surface area contributed by atoms with Gasteiger partial charge in [0, 0.05) is 24.7 Å². The number of nitrogens with zero attached hydrogens (tertiary/aromatic N) is 2. The lowest BCUT2D eigenvalue weighted by Crippen LogP contribution is -2.37. The number of nitrogens with one attached hydrogen (secondary N) is 1. The third-order valence-corrected chi connectivity index (χ3v) is 5.99. The Labute approximate surface area is 151 Å². The van der Waals surface area contributed by atoms with Gasteiger partial charge in [-0.15, -0.1) is 0 Å². The Morgan fingerprint density at radius 1 is 1.38 bits per heavy atom. The number of carbonyl (C=O) groups excluding carboxylic acids is 1. The molecule has 0 bridgehead atoms. The lowest BCUT2D eigenvalue weighted by Gasteiger charge is -2.28. The van der Waals surface area contributed by atoms with Gasteiger partial charge in [0.25, 0.3) is 15.9 Å². The molecule has 1 saturated heterocycles. The number of sulfonamides is 1. The summed E-state index contributed by atoms with van der Waals surface area (Å²) in [4.78, 5) is 18.1. The van der Waals surface area contributed by atoms with Crippen LogP contribution in [0.4, 0.5) is 5.82 Å². The van der Waals surface area contributed by atoms with Crippen LogP contribution in [-0.4, -0.2) is 45.6 Å². The van der Waals surface area contributed by atoms with Crippen LogP contribution in [0.5, 0.6) is 0 Å². The molecule has 2 aromatic rings. The van der Waals surface area contributed by atoms with Gasteiger partial charge in [0.2, 0.25) is 0 Å². The highest BCUT2D eigenvalue weighted by molar-refractivity contribution is 9.10. The quantitative estimate of drug-likeness (QED) is 0.794. The Kier molecular flexibility index (Phi) is 5.18. The number of hydrogen-bond acceptors (Lipinski definition) is 7. The van der Waals surface area contributed by atoms with Crippen molar-refractivity contribution in [2.45, 2.75) is 4.90 Å². The fraction of sp³-hybridized carbons (Fsp3) is 0.286. The molecule has 1 N–H and O–H groups in total. The van der Waals surface area contributed by atoms with Crippen molar-refractivity contribution in [3.8, 4) is 0 Å². The zero-order valence-corrected chi connectivity index (χ0v) is 15.7. The van der Waals surface area contributed by atoms with Gasteiger partial charge in [0.1, 0.15) is 10.7 Å². The van der Waals surface area contributed by atoms with Crippen molar-refractivity contribution >= 4 is 49.0 Å². The lowest BCUT2D eigenvalue weighted by atomic mass is 10.3. The Balaban J connectivity index is 1.80. The van der Waals surface area contributed by atoms with E-state index in [1.54, 1.807) is 16.8 Å². The van der Waals surface area contributed by atoms with Crippen molar-refractivity contribution in [2.75, 3.05) is 31.2 Å². The third kappa shape index (κ3) is 3.77. The standard InChI is InChI=1S/C14H14BrN3O4S2/c15-12-7-11(8-16-13(12)18-2-4-22-5-3-18)24(20,21)17-14(19)10-1-6-23-9-10/h1,6-9H,2-5H2,(H,17,19). The number of aromatic nitrogens is 1. The van der Waals surface area contributed by atoms with Gasteiger partial charge in [-0.3, -0.25) is 4.79 Å². The van der Waals surface area contributed by atoms with Crippen LogP contribution >= 0.6 is 27.3 Å². The first-order valence-corrected chi connectivity index (χ1v) is 10.3. The highest BCUT2D eigenvalue weighted by Gasteiger charge is 2.22. The van der Waals surface area contributed by atoms with Crippen LogP contribution in [0.2, 0.25) is 0 Å². The number of morpholine rings is 1. The van der Waals surface area contributed by atoms with E-state index in [4.69, 9.17) is 4.74 Å². The fourth-order valence-corrected chi connectivity index (χ4v) is 4.53. The van der Waals surface area contributed by atoms with Crippen molar-refractivity contribution in [3.05, 3.63) is 39.1 Å². The summed E-state index contributed by atoms with van der Waals surface area (Å²) in [6, 6.07) is 3.01. The molecule has 0 atom stereocenters. The summed E-state index contributed by atoms with van der Waals surface area (Å²) < 4.78 is 32.6. The molecule has 0 unspecified atom stereocenters. The Hall–Kier alpha value is -1.49. The average Bonchev–Trinajstić information content (AvgIpc) is 3.10. The van der Waals surface area contributed by atoms with Crippen LogP contribution in [0, 0.1) is 0 Å². The van der Waals surface area contributed by atoms with Crippen LogP contribution in [0.25, 0.3) is 0 Å². The number of anilines is 1. The van der Waals surface area contributed by atoms with Crippen LogP contribution < -0.4 is 9.62 Å². The second-order valence-electron chi connectivity index (χ2n) is 5.02. The van der Waals surface area contributed by atoms with E-state index < -0.39 is 15.9 Å². The minimum absolute atomic E-state index is 0.0741. The molecule has 0 aromatic carbocycles. The van der Waals surface area contributed by atoms with E-state index in [-0.39, 0.29) is 4.90 Å². The summed E-state index contributed by atoms with van der Waals surface area (Å²) in [5.74, 6) is -0.00830. The van der Waals surface area contributed by atoms with E-state index >= 15 is 0 Å². The number of thiophene rings is 1. The van der Waals surface area contributed by atoms with Crippen molar-refractivity contribution < 1.29 is 17.9 Å². The summed E-state index contributed by atoms with van der Waals surface area (Å²) in [5, 5.41) is 3.29. The Morgan fingerprint density at radius 2 is 2.12 bits per heavy atom. The first-order chi connectivity index (χ1) is 11.5. The maximum Gasteiger partial charge on any atom is 0.265 e. The minimum Gasteiger partial charge on any atom is -0.378 e. The van der Waals surface area contributed by atoms with E-state index in [1.165, 1.54) is 23.6 Å². The Bertz CT molecular complexity index is 834. The molecule has 0 spiro atoms. The zero-order chi connectivity index (χ0) is 17.2. The molecule has 1 aliphatic rings. The molecule has 128 valence electrons. The maximum atomic E-state index is 12.4. The first-order valence-electron chi connectivity index (χ1n) is 7.05. The summed E-state index contributed by atoms with van der Waals surface area (Å²) in [6.07, 6.45) is 1.25. The number of rotatable bonds is 4. The van der Waals surface area contributed by atoms with Crippen LogP contribution in [0.1, 0.15) is 10.4 Å². The van der Waals surface area contributed by atoms with E-state index in [2.05, 4.69) is 20.9 Å². The van der Waals surface area contributed by atoms with Crippen molar-refractivity contribution in [2.24, 2.45) is 0 Å². The van der Waals surface area contributed by atoms with E-state index in [1.807, 2.05) is 9.62 Å². The molecule has 1 fully saturated rings. The van der Waals surface area contributed by atoms with Crippen molar-refractivity contribution in [3.63, 3.8) is 0 Å². The smallest absolute Gasteiger partial charge is 0.265 e. The molecule has 3 heterocycles. The summed E-state index contributed by atoms with van der Waals surface area (Å²) in [7, 11) is -3.99. The molecular weight excluding hydrogens is 418 g/mol. The molecule has 3 rings (SSSR count). The Morgan fingerprint density at radius 3 is 2.75 bits per heavy atom. The van der Waals surface area contributed by atoms with Gasteiger partial charge in [-0.1, -0.05) is 0 Å². The molecular formula is C14H14BrN3O4S2. The summed E-state index contributed by atoms with van der Waals surface area (Å²) in [5.41, 5.74) is 0.306. The van der Waals surface area contributed by atoms with Gasteiger partial charge < -0.3 is 9.64 Å². The molecule has 7 nitrogen and oxygen atoms in total. The van der Waals surface area contributed by atoms with E-state index in [0.29, 0.717) is 42.2 Å². The second kappa shape index (κ2) is 7.18. The highest BCUT2D eigenvalue weighted by atomic mass is 79.9. The SMILES string of the molecule is O=C(NS(=O)(=O)c1cnc(N2CCOCC2)c(Br)c1)c1ccsc1. The summed E-state index contributed by atoms with van der Waals surface area (Å²) >= 11 is 4.68. The topological polar surface area (TPSA) is 88.6 Å². The fourth-order valence-electron chi connectivity index (χ4n) is 2.20. The monoisotopic (exact) mass is 431 g/mol. The van der Waals surface area contributed by atoms with E-state index in [9.17, 15) is 13.2 Å². The average molecular weight is 432 g/mol. The van der Waals surface area contributed by atoms with E-state index in [0.717, 1.165) is 0 Å². The number of pyridine rings is 1. The minimum atomic E-state index is -3.99. The van der Waals surface area contributed by atoms with Gasteiger partial charge in [-0.05, 0) is 33.4 Å². The largest absolute Gasteiger partial charge is 0.378 e.